The van der Waals surface area contributed by atoms with E-state index in [1.807, 2.05) is 55.5 Å². The maximum Gasteiger partial charge on any atom is 0.270 e. The van der Waals surface area contributed by atoms with Crippen molar-refractivity contribution in [3.8, 4) is 28.3 Å². The maximum atomic E-state index is 12.9. The van der Waals surface area contributed by atoms with Gasteiger partial charge in [-0.1, -0.05) is 41.4 Å². The van der Waals surface area contributed by atoms with Crippen LogP contribution < -0.4 is 14.8 Å². The van der Waals surface area contributed by atoms with Crippen molar-refractivity contribution in [1.29, 1.82) is 0 Å². The fraction of sp³-hybridized carbons (Fsp3) is 0.154. The van der Waals surface area contributed by atoms with Crippen molar-refractivity contribution in [2.75, 3.05) is 14.2 Å². The fourth-order valence-corrected chi connectivity index (χ4v) is 4.47. The fourth-order valence-electron chi connectivity index (χ4n) is 3.81. The molecule has 1 amide bonds. The van der Waals surface area contributed by atoms with Gasteiger partial charge in [0.1, 0.15) is 17.2 Å². The van der Waals surface area contributed by atoms with E-state index in [-0.39, 0.29) is 12.5 Å². The molecule has 8 heteroatoms. The number of benzene rings is 3. The molecule has 3 aromatic carbocycles. The summed E-state index contributed by atoms with van der Waals surface area (Å²) >= 11 is 12.3. The van der Waals surface area contributed by atoms with Crippen molar-refractivity contribution in [2.24, 2.45) is 0 Å². The van der Waals surface area contributed by atoms with Gasteiger partial charge in [-0.05, 0) is 60.0 Å². The number of aromatic nitrogens is 2. The molecule has 0 unspecified atom stereocenters. The van der Waals surface area contributed by atoms with E-state index in [9.17, 15) is 4.79 Å². The standard InChI is InChI=1S/C26H23Cl2N3O3/c1-16-11-18(27)12-21(28)20(16)13-30-26(32)22-14-29-15-31(22)19-9-7-17(8-10-19)25-23(33-2)5-4-6-24(25)34-3/h4-12,14-15H,13H2,1-3H3,(H,30,32). The van der Waals surface area contributed by atoms with E-state index < -0.39 is 0 Å². The van der Waals surface area contributed by atoms with Crippen LogP contribution in [0.5, 0.6) is 11.5 Å². The molecular formula is C26H23Cl2N3O3. The van der Waals surface area contributed by atoms with Gasteiger partial charge in [0.2, 0.25) is 0 Å². The van der Waals surface area contributed by atoms with Crippen LogP contribution in [0.1, 0.15) is 21.6 Å². The lowest BCUT2D eigenvalue weighted by Crippen LogP contribution is -2.25. The predicted octanol–water partition coefficient (Wildman–Crippen LogP) is 6.10. The van der Waals surface area contributed by atoms with Gasteiger partial charge in [0.25, 0.3) is 5.91 Å². The number of carbonyl (C=O) groups is 1. The minimum Gasteiger partial charge on any atom is -0.496 e. The normalized spacial score (nSPS) is 10.7. The predicted molar refractivity (Wildman–Crippen MR) is 134 cm³/mol. The SMILES string of the molecule is COc1cccc(OC)c1-c1ccc(-n2cncc2C(=O)NCc2c(C)cc(Cl)cc2Cl)cc1. The highest BCUT2D eigenvalue weighted by Crippen LogP contribution is 2.38. The third kappa shape index (κ3) is 4.74. The second-order valence-electron chi connectivity index (χ2n) is 7.60. The number of nitrogens with zero attached hydrogens (tertiary/aromatic N) is 2. The largest absolute Gasteiger partial charge is 0.496 e. The van der Waals surface area contributed by atoms with Crippen molar-refractivity contribution in [2.45, 2.75) is 13.5 Å². The number of methoxy groups -OCH3 is 2. The highest BCUT2D eigenvalue weighted by atomic mass is 35.5. The number of halogens is 2. The highest BCUT2D eigenvalue weighted by molar-refractivity contribution is 6.35. The Balaban J connectivity index is 1.57. The molecule has 0 aliphatic heterocycles. The molecule has 0 atom stereocenters. The van der Waals surface area contributed by atoms with Crippen LogP contribution in [0.3, 0.4) is 0 Å². The zero-order chi connectivity index (χ0) is 24.2. The second kappa shape index (κ2) is 10.2. The lowest BCUT2D eigenvalue weighted by Gasteiger charge is -2.14. The van der Waals surface area contributed by atoms with Gasteiger partial charge >= 0.3 is 0 Å². The average molecular weight is 496 g/mol. The first kappa shape index (κ1) is 23.7. The summed E-state index contributed by atoms with van der Waals surface area (Å²) in [7, 11) is 3.25. The van der Waals surface area contributed by atoms with Gasteiger partial charge in [-0.25, -0.2) is 4.98 Å². The molecule has 0 aliphatic rings. The second-order valence-corrected chi connectivity index (χ2v) is 8.44. The third-order valence-corrected chi connectivity index (χ3v) is 6.10. The lowest BCUT2D eigenvalue weighted by atomic mass is 10.0. The molecule has 4 aromatic rings. The van der Waals surface area contributed by atoms with Gasteiger partial charge in [-0.2, -0.15) is 0 Å². The van der Waals surface area contributed by atoms with Gasteiger partial charge in [-0.15, -0.1) is 0 Å². The Morgan fingerprint density at radius 3 is 2.32 bits per heavy atom. The molecule has 0 spiro atoms. The highest BCUT2D eigenvalue weighted by Gasteiger charge is 2.16. The van der Waals surface area contributed by atoms with Crippen LogP contribution >= 0.6 is 23.2 Å². The molecule has 1 N–H and O–H groups in total. The summed E-state index contributed by atoms with van der Waals surface area (Å²) in [5.41, 5.74) is 4.72. The van der Waals surface area contributed by atoms with Crippen molar-refractivity contribution in [1.82, 2.24) is 14.9 Å². The number of carbonyl (C=O) groups excluding carboxylic acids is 1. The summed E-state index contributed by atoms with van der Waals surface area (Å²) in [6, 6.07) is 16.9. The topological polar surface area (TPSA) is 65.4 Å². The molecule has 0 saturated carbocycles. The Kier molecular flexibility index (Phi) is 7.10. The number of amides is 1. The van der Waals surface area contributed by atoms with Crippen molar-refractivity contribution in [3.63, 3.8) is 0 Å². The molecule has 0 saturated heterocycles. The van der Waals surface area contributed by atoms with Crippen molar-refractivity contribution < 1.29 is 14.3 Å². The summed E-state index contributed by atoms with van der Waals surface area (Å²) in [4.78, 5) is 17.1. The number of hydrogen-bond donors (Lipinski definition) is 1. The van der Waals surface area contributed by atoms with Crippen LogP contribution in [0.4, 0.5) is 0 Å². The first-order valence-corrected chi connectivity index (χ1v) is 11.3. The van der Waals surface area contributed by atoms with E-state index in [0.29, 0.717) is 27.2 Å². The molecule has 6 nitrogen and oxygen atoms in total. The van der Waals surface area contributed by atoms with Gasteiger partial charge in [0, 0.05) is 22.3 Å². The number of imidazole rings is 1. The molecule has 174 valence electrons. The molecule has 1 aromatic heterocycles. The quantitative estimate of drug-likeness (QED) is 0.336. The number of hydrogen-bond acceptors (Lipinski definition) is 4. The summed E-state index contributed by atoms with van der Waals surface area (Å²) in [6.45, 7) is 2.18. The molecule has 0 aliphatic carbocycles. The Bertz CT molecular complexity index is 1290. The van der Waals surface area contributed by atoms with Gasteiger partial charge < -0.3 is 14.8 Å². The molecule has 4 rings (SSSR count). The van der Waals surface area contributed by atoms with E-state index in [1.54, 1.807) is 31.2 Å². The number of aryl methyl sites for hydroxylation is 1. The summed E-state index contributed by atoms with van der Waals surface area (Å²) < 4.78 is 12.8. The van der Waals surface area contributed by atoms with Crippen LogP contribution in [-0.4, -0.2) is 29.7 Å². The van der Waals surface area contributed by atoms with Crippen LogP contribution in [0, 0.1) is 6.92 Å². The van der Waals surface area contributed by atoms with Gasteiger partial charge in [-0.3, -0.25) is 9.36 Å². The van der Waals surface area contributed by atoms with Crippen molar-refractivity contribution >= 4 is 29.1 Å². The van der Waals surface area contributed by atoms with Crippen LogP contribution in [0.25, 0.3) is 16.8 Å². The van der Waals surface area contributed by atoms with E-state index in [0.717, 1.165) is 27.9 Å². The molecule has 0 bridgehead atoms. The lowest BCUT2D eigenvalue weighted by molar-refractivity contribution is 0.0944. The van der Waals surface area contributed by atoms with E-state index >= 15 is 0 Å². The first-order chi connectivity index (χ1) is 16.4. The van der Waals surface area contributed by atoms with E-state index in [4.69, 9.17) is 32.7 Å². The first-order valence-electron chi connectivity index (χ1n) is 10.5. The van der Waals surface area contributed by atoms with Crippen LogP contribution in [-0.2, 0) is 6.54 Å². The molecule has 34 heavy (non-hydrogen) atoms. The van der Waals surface area contributed by atoms with E-state index in [1.165, 1.54) is 6.20 Å². The summed E-state index contributed by atoms with van der Waals surface area (Å²) in [5, 5.41) is 3.99. The third-order valence-electron chi connectivity index (χ3n) is 5.54. The minimum atomic E-state index is -0.265. The molecule has 0 fully saturated rings. The molecule has 0 radical (unpaired) electrons. The van der Waals surface area contributed by atoms with Gasteiger partial charge in [0.05, 0.1) is 32.3 Å². The minimum absolute atomic E-state index is 0.265. The Morgan fingerprint density at radius 1 is 1.03 bits per heavy atom. The monoisotopic (exact) mass is 495 g/mol. The maximum absolute atomic E-state index is 12.9. The Morgan fingerprint density at radius 2 is 1.71 bits per heavy atom. The zero-order valence-electron chi connectivity index (χ0n) is 18.9. The average Bonchev–Trinajstić information content (AvgIpc) is 3.33. The Hall–Kier alpha value is -3.48. The number of ether oxygens (including phenoxy) is 2. The number of nitrogens with one attached hydrogen (secondary N) is 1. The number of rotatable bonds is 7. The smallest absolute Gasteiger partial charge is 0.270 e. The van der Waals surface area contributed by atoms with Crippen molar-refractivity contribution in [3.05, 3.63) is 94.0 Å². The molecule has 1 heterocycles. The van der Waals surface area contributed by atoms with Crippen LogP contribution in [0.15, 0.2) is 67.1 Å². The van der Waals surface area contributed by atoms with E-state index in [2.05, 4.69) is 10.3 Å². The van der Waals surface area contributed by atoms with Gasteiger partial charge in [0.15, 0.2) is 0 Å². The summed E-state index contributed by atoms with van der Waals surface area (Å²) in [6.07, 6.45) is 3.14. The zero-order valence-corrected chi connectivity index (χ0v) is 20.4. The molecular weight excluding hydrogens is 473 g/mol. The van der Waals surface area contributed by atoms with Crippen LogP contribution in [0.2, 0.25) is 10.0 Å². The summed E-state index contributed by atoms with van der Waals surface area (Å²) in [5.74, 6) is 1.16. The Labute approximate surface area is 208 Å².